The van der Waals surface area contributed by atoms with Crippen LogP contribution in [-0.4, -0.2) is 50.1 Å². The standard InChI is InChI=1S/C22H29FN4OS2/c1-7-30(22(2,3)4)18-14-27-16(13-25-21(27)12-17(18)28-5)15-10-19(23)26-20(11-15)24-8-9-29-6/h7,10-14H,8-9H2,1-6H3,(H,24,26). The quantitative estimate of drug-likeness (QED) is 0.291. The Kier molecular flexibility index (Phi) is 7.08. The SMILES string of the molecule is C/C=S(/c1cn2c(-c3cc(F)nc(NCCSC)c3)cnc2cc1OC)C(C)(C)C. The second-order valence-electron chi connectivity index (χ2n) is 7.75. The zero-order valence-corrected chi connectivity index (χ0v) is 20.0. The highest BCUT2D eigenvalue weighted by atomic mass is 32.2. The molecule has 1 unspecified atom stereocenters. The van der Waals surface area contributed by atoms with Gasteiger partial charge in [-0.25, -0.2) is 9.97 Å². The Balaban J connectivity index is 2.14. The Morgan fingerprint density at radius 2 is 2.07 bits per heavy atom. The molecule has 0 aliphatic heterocycles. The molecule has 0 amide bonds. The molecule has 0 spiro atoms. The third kappa shape index (κ3) is 4.81. The van der Waals surface area contributed by atoms with Crippen LogP contribution in [0.2, 0.25) is 0 Å². The number of anilines is 1. The number of fused-ring (bicyclic) bond motifs is 1. The summed E-state index contributed by atoms with van der Waals surface area (Å²) in [6, 6.07) is 5.26. The lowest BCUT2D eigenvalue weighted by Crippen LogP contribution is -2.12. The highest BCUT2D eigenvalue weighted by Gasteiger charge is 2.22. The lowest BCUT2D eigenvalue weighted by molar-refractivity contribution is 0.404. The Morgan fingerprint density at radius 1 is 1.30 bits per heavy atom. The second-order valence-corrected chi connectivity index (χ2v) is 11.5. The topological polar surface area (TPSA) is 51.5 Å². The predicted octanol–water partition coefficient (Wildman–Crippen LogP) is 5.57. The summed E-state index contributed by atoms with van der Waals surface area (Å²) in [7, 11) is 1.54. The third-order valence-electron chi connectivity index (χ3n) is 4.63. The number of pyridine rings is 2. The molecule has 0 saturated heterocycles. The van der Waals surface area contributed by atoms with Gasteiger partial charge in [-0.05, 0) is 19.2 Å². The molecule has 3 heterocycles. The molecule has 3 aromatic rings. The first-order chi connectivity index (χ1) is 14.3. The average molecular weight is 449 g/mol. The molecular weight excluding hydrogens is 419 g/mol. The summed E-state index contributed by atoms with van der Waals surface area (Å²) in [4.78, 5) is 9.61. The van der Waals surface area contributed by atoms with Crippen molar-refractivity contribution < 1.29 is 9.13 Å². The number of nitrogens with zero attached hydrogens (tertiary/aromatic N) is 3. The molecule has 0 saturated carbocycles. The van der Waals surface area contributed by atoms with Crippen molar-refractivity contribution in [1.29, 1.82) is 0 Å². The Labute approximate surface area is 184 Å². The maximum Gasteiger partial charge on any atom is 0.215 e. The van der Waals surface area contributed by atoms with Crippen molar-refractivity contribution in [3.8, 4) is 17.0 Å². The van der Waals surface area contributed by atoms with Crippen molar-refractivity contribution in [1.82, 2.24) is 14.4 Å². The molecule has 0 aromatic carbocycles. The monoisotopic (exact) mass is 448 g/mol. The lowest BCUT2D eigenvalue weighted by atomic mass is 10.2. The van der Waals surface area contributed by atoms with Gasteiger partial charge in [-0.15, -0.1) is 10.5 Å². The fourth-order valence-corrected chi connectivity index (χ4v) is 5.86. The molecule has 1 atom stereocenters. The minimum atomic E-state index is -0.515. The summed E-state index contributed by atoms with van der Waals surface area (Å²) >= 11 is 1.73. The van der Waals surface area contributed by atoms with Gasteiger partial charge in [-0.2, -0.15) is 16.2 Å². The molecule has 5 nitrogen and oxygen atoms in total. The van der Waals surface area contributed by atoms with E-state index in [9.17, 15) is 4.39 Å². The van der Waals surface area contributed by atoms with Crippen molar-refractivity contribution in [2.75, 3.05) is 31.0 Å². The first-order valence-corrected chi connectivity index (χ1v) is 12.4. The van der Waals surface area contributed by atoms with Gasteiger partial charge in [0.2, 0.25) is 5.95 Å². The molecule has 3 aromatic heterocycles. The van der Waals surface area contributed by atoms with Crippen LogP contribution in [0.15, 0.2) is 35.5 Å². The molecule has 0 aliphatic rings. The van der Waals surface area contributed by atoms with Crippen LogP contribution in [-0.2, 0) is 0 Å². The number of ether oxygens (including phenoxy) is 1. The molecule has 0 aliphatic carbocycles. The van der Waals surface area contributed by atoms with Gasteiger partial charge in [0.1, 0.15) is 17.2 Å². The first-order valence-electron chi connectivity index (χ1n) is 9.77. The molecule has 8 heteroatoms. The van der Waals surface area contributed by atoms with Gasteiger partial charge in [0.05, 0.1) is 23.9 Å². The van der Waals surface area contributed by atoms with Gasteiger partial charge in [0.25, 0.3) is 0 Å². The van der Waals surface area contributed by atoms with Gasteiger partial charge in [-0.1, -0.05) is 26.1 Å². The first kappa shape index (κ1) is 22.6. The number of aromatic nitrogens is 3. The zero-order chi connectivity index (χ0) is 21.9. The molecule has 0 radical (unpaired) electrons. The van der Waals surface area contributed by atoms with E-state index in [0.717, 1.165) is 39.8 Å². The minimum absolute atomic E-state index is 0.0492. The van der Waals surface area contributed by atoms with Crippen molar-refractivity contribution in [2.45, 2.75) is 37.3 Å². The molecule has 162 valence electrons. The van der Waals surface area contributed by atoms with Gasteiger partial charge in [0.15, 0.2) is 0 Å². The number of nitrogens with one attached hydrogen (secondary N) is 1. The fourth-order valence-electron chi connectivity index (χ4n) is 3.35. The number of hydrogen-bond donors (Lipinski definition) is 1. The summed E-state index contributed by atoms with van der Waals surface area (Å²) < 4.78 is 22.0. The highest BCUT2D eigenvalue weighted by molar-refractivity contribution is 8.16. The summed E-state index contributed by atoms with van der Waals surface area (Å²) in [6.45, 7) is 9.47. The predicted molar refractivity (Wildman–Crippen MR) is 129 cm³/mol. The third-order valence-corrected chi connectivity index (χ3v) is 7.81. The Bertz CT molecular complexity index is 1070. The normalized spacial score (nSPS) is 13.0. The van der Waals surface area contributed by atoms with E-state index in [1.165, 1.54) is 6.07 Å². The van der Waals surface area contributed by atoms with Crippen LogP contribution >= 0.6 is 22.2 Å². The number of thioether (sulfide) groups is 1. The highest BCUT2D eigenvalue weighted by Crippen LogP contribution is 2.44. The van der Waals surface area contributed by atoms with Crippen LogP contribution in [0.25, 0.3) is 16.9 Å². The van der Waals surface area contributed by atoms with E-state index in [-0.39, 0.29) is 15.2 Å². The average Bonchev–Trinajstić information content (AvgIpc) is 3.09. The largest absolute Gasteiger partial charge is 0.495 e. The number of imidazole rings is 1. The Hall–Kier alpha value is -2.06. The summed E-state index contributed by atoms with van der Waals surface area (Å²) in [5, 5.41) is 5.41. The van der Waals surface area contributed by atoms with E-state index in [0.29, 0.717) is 5.82 Å². The van der Waals surface area contributed by atoms with Gasteiger partial charge >= 0.3 is 0 Å². The molecule has 0 bridgehead atoms. The van der Waals surface area contributed by atoms with Gasteiger partial charge < -0.3 is 10.1 Å². The Morgan fingerprint density at radius 3 is 2.70 bits per heavy atom. The maximum absolute atomic E-state index is 14.3. The van der Waals surface area contributed by atoms with Crippen molar-refractivity contribution >= 4 is 39.1 Å². The number of methoxy groups -OCH3 is 1. The molecule has 1 N–H and O–H groups in total. The van der Waals surface area contributed by atoms with E-state index >= 15 is 0 Å². The van der Waals surface area contributed by atoms with E-state index in [1.54, 1.807) is 25.1 Å². The van der Waals surface area contributed by atoms with E-state index in [4.69, 9.17) is 4.74 Å². The number of rotatable bonds is 7. The van der Waals surface area contributed by atoms with Crippen molar-refractivity contribution in [2.24, 2.45) is 0 Å². The van der Waals surface area contributed by atoms with E-state index in [1.807, 2.05) is 22.8 Å². The molecule has 0 fully saturated rings. The number of halogens is 1. The van der Waals surface area contributed by atoms with E-state index in [2.05, 4.69) is 54.5 Å². The van der Waals surface area contributed by atoms with Gasteiger partial charge in [0, 0.05) is 40.9 Å². The number of hydrogen-bond acceptors (Lipinski definition) is 5. The summed E-state index contributed by atoms with van der Waals surface area (Å²) in [6.07, 6.45) is 5.88. The summed E-state index contributed by atoms with van der Waals surface area (Å²) in [5.74, 6) is 1.75. The maximum atomic E-state index is 14.3. The van der Waals surface area contributed by atoms with Crippen molar-refractivity contribution in [3.63, 3.8) is 0 Å². The zero-order valence-electron chi connectivity index (χ0n) is 18.3. The van der Waals surface area contributed by atoms with Gasteiger partial charge in [-0.3, -0.25) is 4.40 Å². The lowest BCUT2D eigenvalue weighted by Gasteiger charge is -2.26. The fraction of sp³-hybridized carbons (Fsp3) is 0.409. The molecule has 3 rings (SSSR count). The molecular formula is C22H29FN4OS2. The van der Waals surface area contributed by atoms with E-state index < -0.39 is 5.95 Å². The smallest absolute Gasteiger partial charge is 0.215 e. The van der Waals surface area contributed by atoms with Crippen LogP contribution in [0, 0.1) is 5.95 Å². The van der Waals surface area contributed by atoms with Crippen LogP contribution in [0.3, 0.4) is 0 Å². The van der Waals surface area contributed by atoms with Crippen LogP contribution in [0.1, 0.15) is 27.7 Å². The molecule has 30 heavy (non-hydrogen) atoms. The van der Waals surface area contributed by atoms with Crippen LogP contribution < -0.4 is 10.1 Å². The second kappa shape index (κ2) is 9.39. The van der Waals surface area contributed by atoms with Crippen LogP contribution in [0.4, 0.5) is 10.2 Å². The van der Waals surface area contributed by atoms with Crippen molar-refractivity contribution in [3.05, 3.63) is 36.5 Å². The van der Waals surface area contributed by atoms with Crippen LogP contribution in [0.5, 0.6) is 5.75 Å². The minimum Gasteiger partial charge on any atom is -0.495 e. The summed E-state index contributed by atoms with van der Waals surface area (Å²) in [5.41, 5.74) is 2.30.